The maximum Gasteiger partial charge on any atom is 0.261 e. The minimum atomic E-state index is -0.290. The van der Waals surface area contributed by atoms with Crippen LogP contribution < -0.4 is 0 Å². The Morgan fingerprint density at radius 2 is 1.06 bits per heavy atom. The van der Waals surface area contributed by atoms with Gasteiger partial charge in [-0.15, -0.1) is 0 Å². The van der Waals surface area contributed by atoms with Crippen molar-refractivity contribution in [1.82, 2.24) is 4.90 Å². The van der Waals surface area contributed by atoms with Crippen LogP contribution in [0.4, 0.5) is 0 Å². The van der Waals surface area contributed by atoms with Crippen molar-refractivity contribution in [3.63, 3.8) is 0 Å². The summed E-state index contributed by atoms with van der Waals surface area (Å²) in [6, 6.07) is 6.81. The zero-order valence-electron chi connectivity index (χ0n) is 21.3. The summed E-state index contributed by atoms with van der Waals surface area (Å²) in [5.41, 5.74) is 0.865. The predicted molar refractivity (Wildman–Crippen MR) is 129 cm³/mol. The predicted octanol–water partition coefficient (Wildman–Crippen LogP) is 1.04. The van der Waals surface area contributed by atoms with Crippen LogP contribution in [0.2, 0.25) is 0 Å². The number of amides is 2. The van der Waals surface area contributed by atoms with Crippen molar-refractivity contribution in [2.24, 2.45) is 0 Å². The average Bonchev–Trinajstić information content (AvgIpc) is 3.13. The van der Waals surface area contributed by atoms with E-state index in [1.807, 2.05) is 0 Å². The summed E-state index contributed by atoms with van der Waals surface area (Å²) in [6.45, 7) is 5.62. The molecule has 0 atom stereocenters. The van der Waals surface area contributed by atoms with E-state index in [1.54, 1.807) is 38.5 Å². The number of fused-ring (bicyclic) bond motifs is 1. The molecule has 1 aliphatic heterocycles. The molecule has 0 spiro atoms. The highest BCUT2D eigenvalue weighted by molar-refractivity contribution is 6.21. The largest absolute Gasteiger partial charge is 0.382 e. The molecule has 0 saturated heterocycles. The Kier molecular flexibility index (Phi) is 16.1. The van der Waals surface area contributed by atoms with Gasteiger partial charge in [0.05, 0.1) is 104 Å². The molecule has 1 aliphatic rings. The van der Waals surface area contributed by atoms with Gasteiger partial charge in [0.25, 0.3) is 11.8 Å². The first-order chi connectivity index (χ1) is 17.7. The smallest absolute Gasteiger partial charge is 0.261 e. The van der Waals surface area contributed by atoms with Crippen molar-refractivity contribution in [3.05, 3.63) is 35.4 Å². The molecular weight excluding hydrogens is 474 g/mol. The highest BCUT2D eigenvalue weighted by Crippen LogP contribution is 2.21. The molecule has 0 radical (unpaired) electrons. The molecule has 0 aromatic heterocycles. The molecule has 0 unspecified atom stereocenters. The first kappa shape index (κ1) is 30.3. The van der Waals surface area contributed by atoms with Gasteiger partial charge in [0, 0.05) is 14.2 Å². The van der Waals surface area contributed by atoms with Gasteiger partial charge in [-0.1, -0.05) is 12.1 Å². The van der Waals surface area contributed by atoms with Crippen LogP contribution in [-0.2, 0) is 37.9 Å². The Hall–Kier alpha value is -1.96. The van der Waals surface area contributed by atoms with E-state index >= 15 is 0 Å². The van der Waals surface area contributed by atoms with Gasteiger partial charge >= 0.3 is 0 Å². The van der Waals surface area contributed by atoms with Gasteiger partial charge in [0.1, 0.15) is 6.10 Å². The van der Waals surface area contributed by atoms with Gasteiger partial charge < -0.3 is 37.9 Å². The highest BCUT2D eigenvalue weighted by atomic mass is 16.6. The molecule has 0 aliphatic carbocycles. The summed E-state index contributed by atoms with van der Waals surface area (Å²) in [6.07, 6.45) is -0.289. The second kappa shape index (κ2) is 19.2. The van der Waals surface area contributed by atoms with E-state index < -0.39 is 0 Å². The van der Waals surface area contributed by atoms with Crippen LogP contribution in [0, 0.1) is 0 Å². The van der Waals surface area contributed by atoms with E-state index in [0.717, 1.165) is 0 Å². The van der Waals surface area contributed by atoms with Crippen molar-refractivity contribution in [3.8, 4) is 0 Å². The number of carbonyl (C=O) groups excluding carboxylic acids is 2. The molecule has 1 aromatic rings. The molecule has 36 heavy (non-hydrogen) atoms. The number of benzene rings is 1. The van der Waals surface area contributed by atoms with E-state index in [1.165, 1.54) is 4.90 Å². The van der Waals surface area contributed by atoms with Crippen LogP contribution in [0.1, 0.15) is 20.7 Å². The topological polar surface area (TPSA) is 111 Å². The number of imide groups is 1. The van der Waals surface area contributed by atoms with Crippen molar-refractivity contribution >= 4 is 11.8 Å². The number of hydrogen-bond donors (Lipinski definition) is 0. The summed E-state index contributed by atoms with van der Waals surface area (Å²) in [5, 5.41) is 0. The fraction of sp³-hybridized carbons (Fsp3) is 0.680. The third-order valence-electron chi connectivity index (χ3n) is 5.13. The van der Waals surface area contributed by atoms with Gasteiger partial charge in [-0.05, 0) is 12.1 Å². The summed E-state index contributed by atoms with van der Waals surface area (Å²) >= 11 is 0. The zero-order valence-corrected chi connectivity index (χ0v) is 21.3. The summed E-state index contributed by atoms with van der Waals surface area (Å²) < 4.78 is 43.4. The Labute approximate surface area is 212 Å². The van der Waals surface area contributed by atoms with Crippen LogP contribution in [0.15, 0.2) is 24.3 Å². The van der Waals surface area contributed by atoms with E-state index in [4.69, 9.17) is 37.9 Å². The molecule has 11 nitrogen and oxygen atoms in total. The molecule has 0 N–H and O–H groups in total. The quantitative estimate of drug-likeness (QED) is 0.155. The first-order valence-electron chi connectivity index (χ1n) is 12.1. The number of hydrogen-bond acceptors (Lipinski definition) is 10. The lowest BCUT2D eigenvalue weighted by Crippen LogP contribution is -2.33. The third kappa shape index (κ3) is 11.4. The van der Waals surface area contributed by atoms with E-state index in [0.29, 0.717) is 90.4 Å². The van der Waals surface area contributed by atoms with E-state index in [-0.39, 0.29) is 31.1 Å². The lowest BCUT2D eigenvalue weighted by molar-refractivity contribution is -0.0847. The molecule has 204 valence electrons. The van der Waals surface area contributed by atoms with Crippen molar-refractivity contribution in [1.29, 1.82) is 0 Å². The number of rotatable bonds is 23. The molecule has 11 heteroatoms. The fourth-order valence-corrected chi connectivity index (χ4v) is 3.27. The third-order valence-corrected chi connectivity index (χ3v) is 5.13. The Morgan fingerprint density at radius 1 is 0.611 bits per heavy atom. The van der Waals surface area contributed by atoms with Gasteiger partial charge in [-0.3, -0.25) is 14.5 Å². The number of methoxy groups -OCH3 is 2. The SMILES string of the molecule is COCCOCCOCC(COCCOCCOC)OCCOCCN1C(=O)c2ccccc2C1=O. The Bertz CT molecular complexity index is 694. The van der Waals surface area contributed by atoms with Gasteiger partial charge in [-0.2, -0.15) is 0 Å². The Balaban J connectivity index is 1.61. The van der Waals surface area contributed by atoms with Crippen LogP contribution in [-0.4, -0.2) is 129 Å². The van der Waals surface area contributed by atoms with Gasteiger partial charge in [-0.25, -0.2) is 0 Å². The van der Waals surface area contributed by atoms with Gasteiger partial charge in [0.2, 0.25) is 0 Å². The van der Waals surface area contributed by atoms with Crippen LogP contribution >= 0.6 is 0 Å². The number of carbonyl (C=O) groups is 2. The zero-order chi connectivity index (χ0) is 25.8. The molecule has 1 heterocycles. The highest BCUT2D eigenvalue weighted by Gasteiger charge is 2.34. The molecule has 0 saturated carbocycles. The second-order valence-electron chi connectivity index (χ2n) is 7.77. The Morgan fingerprint density at radius 3 is 1.58 bits per heavy atom. The summed E-state index contributed by atoms with van der Waals surface area (Å²) in [7, 11) is 3.25. The minimum absolute atomic E-state index is 0.189. The molecular formula is C25H39NO10. The van der Waals surface area contributed by atoms with E-state index in [9.17, 15) is 9.59 Å². The molecule has 2 rings (SSSR count). The van der Waals surface area contributed by atoms with E-state index in [2.05, 4.69) is 0 Å². The van der Waals surface area contributed by atoms with Gasteiger partial charge in [0.15, 0.2) is 0 Å². The average molecular weight is 514 g/mol. The van der Waals surface area contributed by atoms with Crippen molar-refractivity contribution < 1.29 is 47.5 Å². The molecule has 2 amide bonds. The summed E-state index contributed by atoms with van der Waals surface area (Å²) in [5.74, 6) is -0.579. The van der Waals surface area contributed by atoms with Crippen LogP contribution in [0.25, 0.3) is 0 Å². The number of ether oxygens (including phenoxy) is 8. The molecule has 0 bridgehead atoms. The normalized spacial score (nSPS) is 13.2. The summed E-state index contributed by atoms with van der Waals surface area (Å²) in [4.78, 5) is 26.0. The first-order valence-corrected chi connectivity index (χ1v) is 12.1. The maximum absolute atomic E-state index is 12.4. The monoisotopic (exact) mass is 513 g/mol. The molecule has 0 fully saturated rings. The fourth-order valence-electron chi connectivity index (χ4n) is 3.27. The maximum atomic E-state index is 12.4. The van der Waals surface area contributed by atoms with Crippen LogP contribution in [0.3, 0.4) is 0 Å². The van der Waals surface area contributed by atoms with Crippen molar-refractivity contribution in [2.45, 2.75) is 6.10 Å². The molecule has 1 aromatic carbocycles. The standard InChI is InChI=1S/C25H39NO10/c1-29-9-11-32-13-15-34-19-21(20-35-16-14-33-12-10-30-2)36-18-17-31-8-7-26-24(27)22-5-3-4-6-23(22)25(26)28/h3-6,21H,7-20H2,1-2H3. The lowest BCUT2D eigenvalue weighted by Gasteiger charge is -2.19. The minimum Gasteiger partial charge on any atom is -0.382 e. The second-order valence-corrected chi connectivity index (χ2v) is 7.77. The van der Waals surface area contributed by atoms with Crippen molar-refractivity contribution in [2.75, 3.05) is 107 Å². The van der Waals surface area contributed by atoms with Crippen LogP contribution in [0.5, 0.6) is 0 Å². The number of nitrogens with zero attached hydrogens (tertiary/aromatic N) is 1. The lowest BCUT2D eigenvalue weighted by atomic mass is 10.1.